The molecule has 0 aliphatic carbocycles. The largest absolute Gasteiger partial charge is 0.307 e. The first-order valence-corrected chi connectivity index (χ1v) is 7.56. The Kier molecular flexibility index (Phi) is 5.07. The van der Waals surface area contributed by atoms with Crippen LogP contribution in [0.3, 0.4) is 0 Å². The van der Waals surface area contributed by atoms with Crippen molar-refractivity contribution in [3.8, 4) is 0 Å². The minimum absolute atomic E-state index is 0.124. The van der Waals surface area contributed by atoms with Gasteiger partial charge in [0.1, 0.15) is 0 Å². The average molecular weight is 287 g/mol. The van der Waals surface area contributed by atoms with Gasteiger partial charge in [0.15, 0.2) is 5.82 Å². The zero-order chi connectivity index (χ0) is 15.4. The number of aryl methyl sites for hydroxylation is 1. The molecule has 2 unspecified atom stereocenters. The predicted molar refractivity (Wildman–Crippen MR) is 84.1 cm³/mol. The summed E-state index contributed by atoms with van der Waals surface area (Å²) in [6.07, 6.45) is 0. The Hall–Kier alpha value is -1.75. The molecule has 2 atom stereocenters. The van der Waals surface area contributed by atoms with Crippen LogP contribution in [0.1, 0.15) is 56.7 Å². The van der Waals surface area contributed by atoms with Gasteiger partial charge in [-0.05, 0) is 49.2 Å². The van der Waals surface area contributed by atoms with Crippen LogP contribution >= 0.6 is 0 Å². The second kappa shape index (κ2) is 6.80. The van der Waals surface area contributed by atoms with Crippen LogP contribution in [0.25, 0.3) is 0 Å². The highest BCUT2D eigenvalue weighted by atomic mass is 15.6. The molecular weight excluding hydrogens is 262 g/mol. The summed E-state index contributed by atoms with van der Waals surface area (Å²) >= 11 is 0. The Morgan fingerprint density at radius 1 is 1.10 bits per heavy atom. The van der Waals surface area contributed by atoms with E-state index < -0.39 is 0 Å². The molecule has 5 heteroatoms. The van der Waals surface area contributed by atoms with Crippen LogP contribution in [-0.4, -0.2) is 26.8 Å². The minimum Gasteiger partial charge on any atom is -0.307 e. The molecule has 0 radical (unpaired) electrons. The van der Waals surface area contributed by atoms with Gasteiger partial charge >= 0.3 is 0 Å². The summed E-state index contributed by atoms with van der Waals surface area (Å²) in [4.78, 5) is 0. The lowest BCUT2D eigenvalue weighted by Crippen LogP contribution is -2.27. The fraction of sp³-hybridized carbons (Fsp3) is 0.562. The second-order valence-corrected chi connectivity index (χ2v) is 6.09. The quantitative estimate of drug-likeness (QED) is 0.887. The second-order valence-electron chi connectivity index (χ2n) is 6.09. The van der Waals surface area contributed by atoms with Gasteiger partial charge < -0.3 is 5.32 Å². The minimum atomic E-state index is 0.124. The summed E-state index contributed by atoms with van der Waals surface area (Å²) < 4.78 is 1.91. The molecule has 0 saturated carbocycles. The molecule has 5 nitrogen and oxygen atoms in total. The molecule has 0 aliphatic rings. The fourth-order valence-corrected chi connectivity index (χ4v) is 2.25. The summed E-state index contributed by atoms with van der Waals surface area (Å²) in [6, 6.07) is 8.77. The highest BCUT2D eigenvalue weighted by molar-refractivity contribution is 5.24. The van der Waals surface area contributed by atoms with Gasteiger partial charge in [-0.15, -0.1) is 5.10 Å². The van der Waals surface area contributed by atoms with Crippen LogP contribution in [0.2, 0.25) is 0 Å². The van der Waals surface area contributed by atoms with Crippen molar-refractivity contribution in [1.82, 2.24) is 25.5 Å². The highest BCUT2D eigenvalue weighted by Crippen LogP contribution is 2.20. The van der Waals surface area contributed by atoms with Crippen LogP contribution in [0, 0.1) is 12.8 Å². The molecule has 0 fully saturated rings. The van der Waals surface area contributed by atoms with E-state index in [9.17, 15) is 0 Å². The lowest BCUT2D eigenvalue weighted by atomic mass is 10.1. The normalized spacial score (nSPS) is 14.4. The predicted octanol–water partition coefficient (Wildman–Crippen LogP) is 2.90. The first-order chi connectivity index (χ1) is 9.99. The van der Waals surface area contributed by atoms with E-state index in [-0.39, 0.29) is 12.1 Å². The van der Waals surface area contributed by atoms with Gasteiger partial charge in [0.2, 0.25) is 0 Å². The number of benzene rings is 1. The van der Waals surface area contributed by atoms with Gasteiger partial charge in [-0.25, -0.2) is 4.68 Å². The molecule has 0 spiro atoms. The average Bonchev–Trinajstić information content (AvgIpc) is 2.94. The lowest BCUT2D eigenvalue weighted by molar-refractivity contribution is 0.440. The van der Waals surface area contributed by atoms with E-state index in [1.807, 2.05) is 4.68 Å². The van der Waals surface area contributed by atoms with Crippen molar-refractivity contribution >= 4 is 0 Å². The number of rotatable bonds is 6. The Morgan fingerprint density at radius 2 is 1.76 bits per heavy atom. The van der Waals surface area contributed by atoms with Crippen LogP contribution in [0.15, 0.2) is 24.3 Å². The van der Waals surface area contributed by atoms with E-state index in [2.05, 4.69) is 79.7 Å². The fourth-order valence-electron chi connectivity index (χ4n) is 2.25. The van der Waals surface area contributed by atoms with Gasteiger partial charge in [0.25, 0.3) is 0 Å². The van der Waals surface area contributed by atoms with Gasteiger partial charge in [-0.3, -0.25) is 0 Å². The van der Waals surface area contributed by atoms with E-state index >= 15 is 0 Å². The van der Waals surface area contributed by atoms with Crippen molar-refractivity contribution in [2.45, 2.75) is 46.7 Å². The third kappa shape index (κ3) is 3.88. The third-order valence-electron chi connectivity index (χ3n) is 3.66. The lowest BCUT2D eigenvalue weighted by Gasteiger charge is -2.19. The van der Waals surface area contributed by atoms with Gasteiger partial charge in [0.05, 0.1) is 12.1 Å². The molecule has 2 rings (SSSR count). The Morgan fingerprint density at radius 3 is 2.38 bits per heavy atom. The molecule has 1 heterocycles. The molecule has 0 saturated heterocycles. The van der Waals surface area contributed by atoms with Crippen molar-refractivity contribution in [2.75, 3.05) is 6.54 Å². The molecule has 1 N–H and O–H groups in total. The van der Waals surface area contributed by atoms with E-state index in [1.54, 1.807) is 0 Å². The van der Waals surface area contributed by atoms with Crippen molar-refractivity contribution in [3.05, 3.63) is 41.2 Å². The monoisotopic (exact) mass is 287 g/mol. The van der Waals surface area contributed by atoms with Crippen LogP contribution in [0.5, 0.6) is 0 Å². The standard InChI is InChI=1S/C16H25N5/c1-11(2)10-17-13(4)16-18-19-20-21(16)14(5)15-8-6-12(3)7-9-15/h6-9,11,13-14,17H,10H2,1-5H3. The molecular formula is C16H25N5. The zero-order valence-corrected chi connectivity index (χ0v) is 13.5. The highest BCUT2D eigenvalue weighted by Gasteiger charge is 2.19. The van der Waals surface area contributed by atoms with Crippen LogP contribution < -0.4 is 5.32 Å². The maximum atomic E-state index is 4.20. The number of hydrogen-bond donors (Lipinski definition) is 1. The summed E-state index contributed by atoms with van der Waals surface area (Å²) in [7, 11) is 0. The van der Waals surface area contributed by atoms with Crippen LogP contribution in [0.4, 0.5) is 0 Å². The summed E-state index contributed by atoms with van der Waals surface area (Å²) in [5.74, 6) is 1.48. The van der Waals surface area contributed by atoms with Crippen molar-refractivity contribution in [3.63, 3.8) is 0 Å². The Balaban J connectivity index is 2.17. The first kappa shape index (κ1) is 15.6. The van der Waals surface area contributed by atoms with E-state index in [0.717, 1.165) is 12.4 Å². The molecule has 1 aromatic carbocycles. The summed E-state index contributed by atoms with van der Waals surface area (Å²) in [6.45, 7) is 11.7. The number of aromatic nitrogens is 4. The van der Waals surface area contributed by atoms with Crippen LogP contribution in [-0.2, 0) is 0 Å². The SMILES string of the molecule is Cc1ccc(C(C)n2nnnc2C(C)NCC(C)C)cc1. The molecule has 114 valence electrons. The van der Waals surface area contributed by atoms with Crippen molar-refractivity contribution in [2.24, 2.45) is 5.92 Å². The molecule has 21 heavy (non-hydrogen) atoms. The Bertz CT molecular complexity index is 558. The molecule has 1 aromatic heterocycles. The smallest absolute Gasteiger partial charge is 0.168 e. The van der Waals surface area contributed by atoms with Gasteiger partial charge in [-0.1, -0.05) is 43.7 Å². The first-order valence-electron chi connectivity index (χ1n) is 7.56. The molecule has 0 amide bonds. The van der Waals surface area contributed by atoms with E-state index in [0.29, 0.717) is 5.92 Å². The van der Waals surface area contributed by atoms with Crippen molar-refractivity contribution in [1.29, 1.82) is 0 Å². The number of tetrazole rings is 1. The number of hydrogen-bond acceptors (Lipinski definition) is 4. The number of nitrogens with zero attached hydrogens (tertiary/aromatic N) is 4. The molecule has 0 bridgehead atoms. The molecule has 2 aromatic rings. The summed E-state index contributed by atoms with van der Waals surface area (Å²) in [5, 5.41) is 15.7. The number of nitrogens with one attached hydrogen (secondary N) is 1. The van der Waals surface area contributed by atoms with E-state index in [1.165, 1.54) is 11.1 Å². The summed E-state index contributed by atoms with van der Waals surface area (Å²) in [5.41, 5.74) is 2.47. The van der Waals surface area contributed by atoms with Gasteiger partial charge in [-0.2, -0.15) is 0 Å². The zero-order valence-electron chi connectivity index (χ0n) is 13.5. The third-order valence-corrected chi connectivity index (χ3v) is 3.66. The maximum Gasteiger partial charge on any atom is 0.168 e. The topological polar surface area (TPSA) is 55.6 Å². The Labute approximate surface area is 126 Å². The maximum absolute atomic E-state index is 4.20. The molecule has 0 aliphatic heterocycles. The van der Waals surface area contributed by atoms with Crippen molar-refractivity contribution < 1.29 is 0 Å². The van der Waals surface area contributed by atoms with E-state index in [4.69, 9.17) is 0 Å². The van der Waals surface area contributed by atoms with Gasteiger partial charge in [0, 0.05) is 0 Å².